The van der Waals surface area contributed by atoms with E-state index < -0.39 is 0 Å². The number of ether oxygens (including phenoxy) is 1. The third-order valence-corrected chi connectivity index (χ3v) is 4.39. The Bertz CT molecular complexity index is 652. The van der Waals surface area contributed by atoms with Gasteiger partial charge in [-0.15, -0.1) is 11.3 Å². The van der Waals surface area contributed by atoms with Crippen LogP contribution in [-0.4, -0.2) is 29.3 Å². The first kappa shape index (κ1) is 18.4. The molecule has 2 rings (SSSR count). The van der Waals surface area contributed by atoms with Gasteiger partial charge < -0.3 is 19.9 Å². The molecule has 0 aliphatic rings. The maximum absolute atomic E-state index is 5.45. The average Bonchev–Trinajstić information content (AvgIpc) is 3.19. The number of guanidine groups is 1. The van der Waals surface area contributed by atoms with Gasteiger partial charge in [-0.05, 0) is 44.7 Å². The molecular weight excluding hydrogens is 326 g/mol. The summed E-state index contributed by atoms with van der Waals surface area (Å²) in [6.45, 7) is 10.4. The van der Waals surface area contributed by atoms with Crippen LogP contribution in [0, 0.1) is 6.92 Å². The lowest BCUT2D eigenvalue weighted by molar-refractivity contribution is 0.0683. The number of aliphatic imine (C=N–C) groups is 1. The summed E-state index contributed by atoms with van der Waals surface area (Å²) < 4.78 is 10.7. The Kier molecular flexibility index (Phi) is 7.20. The van der Waals surface area contributed by atoms with Crippen molar-refractivity contribution in [1.82, 2.24) is 20.8 Å². The second-order valence-electron chi connectivity index (χ2n) is 5.22. The van der Waals surface area contributed by atoms with Crippen LogP contribution in [0.25, 0.3) is 0 Å². The molecule has 2 aromatic heterocycles. The number of hydrogen-bond donors (Lipinski definition) is 2. The minimum Gasteiger partial charge on any atom is -0.371 e. The highest BCUT2D eigenvalue weighted by atomic mass is 32.1. The van der Waals surface area contributed by atoms with E-state index >= 15 is 0 Å². The summed E-state index contributed by atoms with van der Waals surface area (Å²) in [7, 11) is 0. The lowest BCUT2D eigenvalue weighted by atomic mass is 10.3. The molecule has 7 nitrogen and oxygen atoms in total. The fourth-order valence-electron chi connectivity index (χ4n) is 2.06. The zero-order valence-corrected chi connectivity index (χ0v) is 15.4. The highest BCUT2D eigenvalue weighted by molar-refractivity contribution is 7.10. The molecule has 2 aromatic rings. The van der Waals surface area contributed by atoms with Gasteiger partial charge in [-0.25, -0.2) is 4.99 Å². The summed E-state index contributed by atoms with van der Waals surface area (Å²) >= 11 is 1.74. The van der Waals surface area contributed by atoms with Crippen LogP contribution in [0.1, 0.15) is 49.0 Å². The maximum atomic E-state index is 5.45. The van der Waals surface area contributed by atoms with Crippen LogP contribution in [0.3, 0.4) is 0 Å². The summed E-state index contributed by atoms with van der Waals surface area (Å²) in [4.78, 5) is 10.1. The Balaban J connectivity index is 1.94. The van der Waals surface area contributed by atoms with Gasteiger partial charge in [0.15, 0.2) is 11.8 Å². The van der Waals surface area contributed by atoms with Gasteiger partial charge >= 0.3 is 0 Å². The number of thiophene rings is 1. The van der Waals surface area contributed by atoms with Crippen LogP contribution in [-0.2, 0) is 17.8 Å². The standard InChI is InChI=1S/C16H25N5O2S/c1-5-17-16(18-9-13-11(3)7-8-24-13)19-10-14-20-15(21-23-14)12(4)22-6-2/h7-8,12H,5-6,9-10H2,1-4H3,(H2,17,18,19). The molecule has 8 heteroatoms. The topological polar surface area (TPSA) is 84.6 Å². The summed E-state index contributed by atoms with van der Waals surface area (Å²) in [6.07, 6.45) is -0.176. The number of aryl methyl sites for hydroxylation is 1. The monoisotopic (exact) mass is 351 g/mol. The van der Waals surface area contributed by atoms with Gasteiger partial charge in [-0.3, -0.25) is 0 Å². The van der Waals surface area contributed by atoms with Gasteiger partial charge in [0.2, 0.25) is 5.89 Å². The van der Waals surface area contributed by atoms with Gasteiger partial charge in [0.05, 0.1) is 6.54 Å². The second kappa shape index (κ2) is 9.39. The largest absolute Gasteiger partial charge is 0.371 e. The molecule has 2 heterocycles. The van der Waals surface area contributed by atoms with E-state index in [2.05, 4.69) is 44.1 Å². The Hall–Kier alpha value is -1.93. The van der Waals surface area contributed by atoms with Crippen LogP contribution in [0.4, 0.5) is 0 Å². The van der Waals surface area contributed by atoms with Crippen LogP contribution in [0.5, 0.6) is 0 Å². The molecule has 0 fully saturated rings. The maximum Gasteiger partial charge on any atom is 0.248 e. The van der Waals surface area contributed by atoms with Gasteiger partial charge in [0.25, 0.3) is 0 Å². The molecule has 1 unspecified atom stereocenters. The van der Waals surface area contributed by atoms with E-state index in [1.807, 2.05) is 20.8 Å². The summed E-state index contributed by atoms with van der Waals surface area (Å²) in [5, 5.41) is 12.6. The third-order valence-electron chi connectivity index (χ3n) is 3.37. The van der Waals surface area contributed by atoms with E-state index in [9.17, 15) is 0 Å². The Morgan fingerprint density at radius 3 is 2.92 bits per heavy atom. The number of hydrogen-bond acceptors (Lipinski definition) is 6. The Labute approximate surface area is 146 Å². The molecule has 2 N–H and O–H groups in total. The van der Waals surface area contributed by atoms with E-state index in [0.29, 0.717) is 24.9 Å². The number of nitrogens with one attached hydrogen (secondary N) is 2. The quantitative estimate of drug-likeness (QED) is 0.562. The van der Waals surface area contributed by atoms with Crippen LogP contribution in [0.2, 0.25) is 0 Å². The highest BCUT2D eigenvalue weighted by Gasteiger charge is 2.13. The van der Waals surface area contributed by atoms with Crippen LogP contribution < -0.4 is 10.6 Å². The zero-order valence-electron chi connectivity index (χ0n) is 14.6. The van der Waals surface area contributed by atoms with Crippen molar-refractivity contribution in [2.75, 3.05) is 13.2 Å². The van der Waals surface area contributed by atoms with Gasteiger partial charge in [0, 0.05) is 18.0 Å². The molecule has 24 heavy (non-hydrogen) atoms. The van der Waals surface area contributed by atoms with Gasteiger partial charge in [-0.1, -0.05) is 5.16 Å². The molecule has 0 saturated heterocycles. The first-order valence-corrected chi connectivity index (χ1v) is 9.01. The molecule has 0 amide bonds. The third kappa shape index (κ3) is 5.31. The van der Waals surface area contributed by atoms with Crippen molar-refractivity contribution in [3.8, 4) is 0 Å². The Morgan fingerprint density at radius 1 is 1.42 bits per heavy atom. The van der Waals surface area contributed by atoms with Crippen molar-refractivity contribution in [1.29, 1.82) is 0 Å². The first-order valence-electron chi connectivity index (χ1n) is 8.13. The van der Waals surface area contributed by atoms with Gasteiger partial charge in [0.1, 0.15) is 12.6 Å². The molecule has 0 bridgehead atoms. The molecular formula is C16H25N5O2S. The highest BCUT2D eigenvalue weighted by Crippen LogP contribution is 2.15. The fourth-order valence-corrected chi connectivity index (χ4v) is 2.91. The normalized spacial score (nSPS) is 13.1. The van der Waals surface area contributed by atoms with E-state index in [4.69, 9.17) is 9.26 Å². The van der Waals surface area contributed by atoms with Crippen molar-refractivity contribution in [2.45, 2.75) is 46.9 Å². The van der Waals surface area contributed by atoms with Crippen molar-refractivity contribution >= 4 is 17.3 Å². The van der Waals surface area contributed by atoms with Crippen molar-refractivity contribution in [2.24, 2.45) is 4.99 Å². The minimum absolute atomic E-state index is 0.176. The number of nitrogens with zero attached hydrogens (tertiary/aromatic N) is 3. The van der Waals surface area contributed by atoms with E-state index in [0.717, 1.165) is 19.0 Å². The van der Waals surface area contributed by atoms with Crippen molar-refractivity contribution in [3.63, 3.8) is 0 Å². The van der Waals surface area contributed by atoms with E-state index in [1.54, 1.807) is 11.3 Å². The molecule has 0 radical (unpaired) electrons. The molecule has 0 saturated carbocycles. The van der Waals surface area contributed by atoms with Crippen molar-refractivity contribution in [3.05, 3.63) is 33.6 Å². The second-order valence-corrected chi connectivity index (χ2v) is 6.22. The molecule has 132 valence electrons. The minimum atomic E-state index is -0.176. The summed E-state index contributed by atoms with van der Waals surface area (Å²) in [6, 6.07) is 2.12. The fraction of sp³-hybridized carbons (Fsp3) is 0.562. The van der Waals surface area contributed by atoms with E-state index in [-0.39, 0.29) is 6.10 Å². The summed E-state index contributed by atoms with van der Waals surface area (Å²) in [5.74, 6) is 1.75. The molecule has 1 atom stereocenters. The molecule has 0 aromatic carbocycles. The number of rotatable bonds is 8. The summed E-state index contributed by atoms with van der Waals surface area (Å²) in [5.41, 5.74) is 1.29. The van der Waals surface area contributed by atoms with Crippen molar-refractivity contribution < 1.29 is 9.26 Å². The number of aromatic nitrogens is 2. The molecule has 0 aliphatic carbocycles. The zero-order chi connectivity index (χ0) is 17.4. The predicted octanol–water partition coefficient (Wildman–Crippen LogP) is 2.79. The van der Waals surface area contributed by atoms with Crippen LogP contribution >= 0.6 is 11.3 Å². The lowest BCUT2D eigenvalue weighted by Crippen LogP contribution is -2.36. The SMILES string of the molecule is CCNC(=NCc1nc(C(C)OCC)no1)NCc1sccc1C. The first-order chi connectivity index (χ1) is 11.6. The predicted molar refractivity (Wildman–Crippen MR) is 95.1 cm³/mol. The average molecular weight is 351 g/mol. The molecule has 0 aliphatic heterocycles. The lowest BCUT2D eigenvalue weighted by Gasteiger charge is -2.10. The smallest absolute Gasteiger partial charge is 0.248 e. The Morgan fingerprint density at radius 2 is 2.25 bits per heavy atom. The molecule has 0 spiro atoms. The van der Waals surface area contributed by atoms with Crippen LogP contribution in [0.15, 0.2) is 21.0 Å². The van der Waals surface area contributed by atoms with Gasteiger partial charge in [-0.2, -0.15) is 4.98 Å². The van der Waals surface area contributed by atoms with E-state index in [1.165, 1.54) is 10.4 Å².